The van der Waals surface area contributed by atoms with Crippen LogP contribution < -0.4 is 5.73 Å². The molecule has 0 bridgehead atoms. The zero-order chi connectivity index (χ0) is 24.9. The number of nitrogens with two attached hydrogens (primary N) is 1. The molecule has 1 aromatic rings. The molecule has 8 nitrogen and oxygen atoms in total. The van der Waals surface area contributed by atoms with Crippen LogP contribution in [0.4, 0.5) is 0 Å². The Bertz CT molecular complexity index is 860. The van der Waals surface area contributed by atoms with E-state index in [2.05, 4.69) is 24.1 Å². The molecule has 0 aliphatic heterocycles. The van der Waals surface area contributed by atoms with Gasteiger partial charge in [0.15, 0.2) is 0 Å². The number of hydrogen-bond acceptors (Lipinski definition) is 5. The summed E-state index contributed by atoms with van der Waals surface area (Å²) in [7, 11) is 0. The van der Waals surface area contributed by atoms with Gasteiger partial charge in [0, 0.05) is 43.3 Å². The number of hydrogen-bond donors (Lipinski definition) is 3. The minimum atomic E-state index is -1.07. The largest absolute Gasteiger partial charge is 0.481 e. The lowest BCUT2D eigenvalue weighted by atomic mass is 9.89. The Kier molecular flexibility index (Phi) is 11.7. The van der Waals surface area contributed by atoms with Crippen LogP contribution in [-0.4, -0.2) is 43.5 Å². The SMILES string of the molecule is CCCCCCC=CC1C(CC=CCCCC(=O)O)C(=O)CC1n1cnc(C[C@H](N)C(=O)O)c1. The molecule has 1 heterocycles. The van der Waals surface area contributed by atoms with E-state index in [1.165, 1.54) is 19.3 Å². The molecule has 2 rings (SSSR count). The van der Waals surface area contributed by atoms with Gasteiger partial charge in [-0.2, -0.15) is 0 Å². The second-order valence-corrected chi connectivity index (χ2v) is 9.15. The highest BCUT2D eigenvalue weighted by Crippen LogP contribution is 2.41. The number of carboxylic acid groups (broad SMARTS) is 2. The van der Waals surface area contributed by atoms with E-state index in [0.717, 1.165) is 12.8 Å². The number of imidazole rings is 1. The van der Waals surface area contributed by atoms with Crippen LogP contribution in [0.25, 0.3) is 0 Å². The van der Waals surface area contributed by atoms with Gasteiger partial charge in [-0.25, -0.2) is 4.98 Å². The summed E-state index contributed by atoms with van der Waals surface area (Å²) >= 11 is 0. The third-order valence-electron chi connectivity index (χ3n) is 6.42. The lowest BCUT2D eigenvalue weighted by Gasteiger charge is -2.21. The average molecular weight is 474 g/mol. The van der Waals surface area contributed by atoms with Gasteiger partial charge in [0.25, 0.3) is 0 Å². The van der Waals surface area contributed by atoms with Gasteiger partial charge in [-0.05, 0) is 32.1 Å². The average Bonchev–Trinajstić information content (AvgIpc) is 3.37. The van der Waals surface area contributed by atoms with Crippen molar-refractivity contribution in [2.24, 2.45) is 17.6 Å². The predicted molar refractivity (Wildman–Crippen MR) is 130 cm³/mol. The Morgan fingerprint density at radius 1 is 1.18 bits per heavy atom. The number of unbranched alkanes of at least 4 members (excludes halogenated alkanes) is 5. The molecular formula is C26H39N3O5. The van der Waals surface area contributed by atoms with Crippen molar-refractivity contribution in [2.75, 3.05) is 0 Å². The Balaban J connectivity index is 2.09. The van der Waals surface area contributed by atoms with E-state index in [-0.39, 0.29) is 36.5 Å². The van der Waals surface area contributed by atoms with Gasteiger partial charge < -0.3 is 20.5 Å². The summed E-state index contributed by atoms with van der Waals surface area (Å²) in [5.74, 6) is -1.77. The maximum absolute atomic E-state index is 12.9. The number of nitrogens with zero attached hydrogens (tertiary/aromatic N) is 2. The first kappa shape index (κ1) is 27.5. The number of aliphatic carboxylic acids is 2. The molecule has 1 saturated carbocycles. The van der Waals surface area contributed by atoms with Crippen LogP contribution in [0.3, 0.4) is 0 Å². The molecule has 1 aromatic heterocycles. The van der Waals surface area contributed by atoms with Gasteiger partial charge in [-0.1, -0.05) is 50.5 Å². The highest BCUT2D eigenvalue weighted by atomic mass is 16.4. The summed E-state index contributed by atoms with van der Waals surface area (Å²) < 4.78 is 1.93. The van der Waals surface area contributed by atoms with Crippen LogP contribution in [0, 0.1) is 11.8 Å². The summed E-state index contributed by atoms with van der Waals surface area (Å²) in [4.78, 5) is 39.0. The van der Waals surface area contributed by atoms with E-state index in [0.29, 0.717) is 31.4 Å². The van der Waals surface area contributed by atoms with Crippen molar-refractivity contribution >= 4 is 17.7 Å². The van der Waals surface area contributed by atoms with Crippen LogP contribution in [0.15, 0.2) is 36.8 Å². The fraction of sp³-hybridized carbons (Fsp3) is 0.615. The first-order valence-corrected chi connectivity index (χ1v) is 12.4. The van der Waals surface area contributed by atoms with E-state index in [1.54, 1.807) is 6.33 Å². The zero-order valence-corrected chi connectivity index (χ0v) is 20.1. The Hall–Kier alpha value is -2.74. The van der Waals surface area contributed by atoms with Crippen molar-refractivity contribution in [1.29, 1.82) is 0 Å². The molecule has 1 fully saturated rings. The molecule has 1 aliphatic rings. The number of carbonyl (C=O) groups excluding carboxylic acids is 1. The molecule has 3 unspecified atom stereocenters. The third kappa shape index (κ3) is 8.89. The van der Waals surface area contributed by atoms with Crippen LogP contribution in [0.2, 0.25) is 0 Å². The fourth-order valence-corrected chi connectivity index (χ4v) is 4.48. The standard InChI is InChI=1S/C26H39N3O5/c1-2-3-4-5-6-9-12-20-21(13-10-7-8-11-14-25(31)32)24(30)16-23(20)29-17-19(28-18-29)15-22(27)26(33)34/h7,9-10,12,17-18,20-23H,2-6,8,11,13-16,27H2,1H3,(H,31,32)(H,33,34)/t20?,21?,22-,23?/m0/s1. The highest BCUT2D eigenvalue weighted by molar-refractivity contribution is 5.84. The number of carboxylic acids is 2. The van der Waals surface area contributed by atoms with Crippen LogP contribution in [0.1, 0.15) is 82.9 Å². The van der Waals surface area contributed by atoms with Crippen LogP contribution in [0.5, 0.6) is 0 Å². The molecule has 34 heavy (non-hydrogen) atoms. The van der Waals surface area contributed by atoms with Crippen LogP contribution in [-0.2, 0) is 20.8 Å². The maximum Gasteiger partial charge on any atom is 0.320 e. The number of allylic oxidation sites excluding steroid dienone is 4. The van der Waals surface area contributed by atoms with E-state index >= 15 is 0 Å². The van der Waals surface area contributed by atoms with Gasteiger partial charge >= 0.3 is 11.9 Å². The van der Waals surface area contributed by atoms with Crippen LogP contribution >= 0.6 is 0 Å². The molecule has 188 valence electrons. The van der Waals surface area contributed by atoms with E-state index < -0.39 is 18.0 Å². The molecule has 0 radical (unpaired) electrons. The number of carbonyl (C=O) groups is 3. The monoisotopic (exact) mass is 473 g/mol. The molecule has 0 saturated heterocycles. The van der Waals surface area contributed by atoms with Crippen molar-refractivity contribution in [2.45, 2.75) is 89.6 Å². The van der Waals surface area contributed by atoms with Gasteiger partial charge in [-0.15, -0.1) is 0 Å². The summed E-state index contributed by atoms with van der Waals surface area (Å²) in [6.45, 7) is 2.19. The number of rotatable bonds is 16. The minimum Gasteiger partial charge on any atom is -0.481 e. The van der Waals surface area contributed by atoms with E-state index in [4.69, 9.17) is 15.9 Å². The molecule has 1 aliphatic carbocycles. The second-order valence-electron chi connectivity index (χ2n) is 9.15. The zero-order valence-electron chi connectivity index (χ0n) is 20.1. The Labute approximate surface area is 201 Å². The van der Waals surface area contributed by atoms with Gasteiger partial charge in [0.05, 0.1) is 12.0 Å². The molecule has 4 N–H and O–H groups in total. The quantitative estimate of drug-likeness (QED) is 0.240. The topological polar surface area (TPSA) is 136 Å². The molecule has 0 amide bonds. The summed E-state index contributed by atoms with van der Waals surface area (Å²) in [5, 5.41) is 17.8. The number of ketones is 1. The molecule has 4 atom stereocenters. The Morgan fingerprint density at radius 2 is 1.94 bits per heavy atom. The summed E-state index contributed by atoms with van der Waals surface area (Å²) in [5.41, 5.74) is 6.25. The summed E-state index contributed by atoms with van der Waals surface area (Å²) in [6, 6.07) is -1.07. The van der Waals surface area contributed by atoms with Crippen molar-refractivity contribution in [1.82, 2.24) is 9.55 Å². The summed E-state index contributed by atoms with van der Waals surface area (Å²) in [6.07, 6.45) is 20.1. The fourth-order valence-electron chi connectivity index (χ4n) is 4.48. The predicted octanol–water partition coefficient (Wildman–Crippen LogP) is 4.31. The molecular weight excluding hydrogens is 434 g/mol. The van der Waals surface area contributed by atoms with Crippen molar-refractivity contribution in [3.8, 4) is 0 Å². The molecule has 0 aromatic carbocycles. The highest BCUT2D eigenvalue weighted by Gasteiger charge is 2.41. The molecule has 8 heteroatoms. The maximum atomic E-state index is 12.9. The molecule has 0 spiro atoms. The van der Waals surface area contributed by atoms with Crippen molar-refractivity contribution in [3.63, 3.8) is 0 Å². The first-order chi connectivity index (χ1) is 16.3. The number of Topliss-reactive ketones (excluding diaryl/α,β-unsaturated/α-hetero) is 1. The third-order valence-corrected chi connectivity index (χ3v) is 6.42. The van der Waals surface area contributed by atoms with Gasteiger partial charge in [0.2, 0.25) is 0 Å². The van der Waals surface area contributed by atoms with Gasteiger partial charge in [0.1, 0.15) is 11.8 Å². The normalized spacial score (nSPS) is 21.6. The van der Waals surface area contributed by atoms with Gasteiger partial charge in [-0.3, -0.25) is 14.4 Å². The minimum absolute atomic E-state index is 0.0255. The smallest absolute Gasteiger partial charge is 0.320 e. The van der Waals surface area contributed by atoms with E-state index in [1.807, 2.05) is 22.9 Å². The number of aromatic nitrogens is 2. The van der Waals surface area contributed by atoms with Crippen molar-refractivity contribution < 1.29 is 24.6 Å². The lowest BCUT2D eigenvalue weighted by Crippen LogP contribution is -2.32. The van der Waals surface area contributed by atoms with E-state index in [9.17, 15) is 14.4 Å². The second kappa shape index (κ2) is 14.5. The van der Waals surface area contributed by atoms with Crippen molar-refractivity contribution in [3.05, 3.63) is 42.5 Å². The first-order valence-electron chi connectivity index (χ1n) is 12.4. The Morgan fingerprint density at radius 3 is 2.65 bits per heavy atom. The lowest BCUT2D eigenvalue weighted by molar-refractivity contribution is -0.139.